The number of hydrogen-bond acceptors (Lipinski definition) is 3. The predicted molar refractivity (Wildman–Crippen MR) is 170 cm³/mol. The number of amides is 1. The molecule has 6 nitrogen and oxygen atoms in total. The lowest BCUT2D eigenvalue weighted by Gasteiger charge is -1.93. The van der Waals surface area contributed by atoms with Crippen molar-refractivity contribution < 1.29 is 14.2 Å². The van der Waals surface area contributed by atoms with Crippen molar-refractivity contribution >= 4 is 62.7 Å². The Morgan fingerprint density at radius 1 is 0.658 bits per heavy atom. The molecule has 1 amide bonds. The van der Waals surface area contributed by atoms with Crippen LogP contribution in [0.15, 0.2) is 79.4 Å². The Morgan fingerprint density at radius 3 is 1.47 bits per heavy atom. The Balaban J connectivity index is -0.000000194. The number of fused-ring (bicyclic) bond motifs is 2. The van der Waals surface area contributed by atoms with Gasteiger partial charge in [-0.05, 0) is 76.2 Å². The Bertz CT molecular complexity index is 1070. The molecule has 0 saturated heterocycles. The summed E-state index contributed by atoms with van der Waals surface area (Å²) in [5, 5.41) is -3.22. The zero-order chi connectivity index (χ0) is 30.6. The third kappa shape index (κ3) is 24.1. The van der Waals surface area contributed by atoms with Crippen LogP contribution in [0.25, 0.3) is 11.0 Å². The van der Waals surface area contributed by atoms with Gasteiger partial charge in [0.15, 0.2) is 6.29 Å². The smallest absolute Gasteiger partial charge is 0.339 e. The highest BCUT2D eigenvalue weighted by molar-refractivity contribution is 8.24. The second kappa shape index (κ2) is 29.3. The van der Waals surface area contributed by atoms with E-state index in [1.807, 2.05) is 127 Å². The lowest BCUT2D eigenvalue weighted by Crippen LogP contribution is -2.06. The summed E-state index contributed by atoms with van der Waals surface area (Å²) in [7, 11) is 3.38. The number of aldehydes is 1. The van der Waals surface area contributed by atoms with Crippen LogP contribution < -0.4 is 0 Å². The van der Waals surface area contributed by atoms with E-state index in [0.717, 1.165) is 23.8 Å². The third-order valence-electron chi connectivity index (χ3n) is 3.37. The quantitative estimate of drug-likeness (QED) is 0.168. The second-order valence-corrected chi connectivity index (χ2v) is 12.5. The molecule has 0 bridgehead atoms. The monoisotopic (exact) mass is 607 g/mol. The van der Waals surface area contributed by atoms with Gasteiger partial charge in [0.05, 0.1) is 5.52 Å². The van der Waals surface area contributed by atoms with Crippen molar-refractivity contribution in [2.75, 3.05) is 14.1 Å². The molecule has 10 heteroatoms. The molecule has 0 aliphatic heterocycles. The number of rotatable bonds is 2. The molecule has 4 aromatic rings. The maximum atomic E-state index is 10.5. The summed E-state index contributed by atoms with van der Waals surface area (Å²) < 4.78 is 13.5. The van der Waals surface area contributed by atoms with Crippen LogP contribution in [0.1, 0.15) is 65.7 Å². The van der Waals surface area contributed by atoms with Crippen molar-refractivity contribution in [1.29, 1.82) is 0 Å². The van der Waals surface area contributed by atoms with Crippen LogP contribution in [0.4, 0.5) is 0 Å². The maximum Gasteiger partial charge on any atom is 0.339 e. The number of halogens is 3. The molecule has 38 heavy (non-hydrogen) atoms. The molecule has 0 N–H and O–H groups in total. The van der Waals surface area contributed by atoms with Crippen LogP contribution in [0.3, 0.4) is 0 Å². The Kier molecular flexibility index (Phi) is 33.0. The van der Waals surface area contributed by atoms with Crippen LogP contribution in [0.2, 0.25) is 0 Å². The first-order valence-electron chi connectivity index (χ1n) is 12.5. The number of pyridine rings is 2. The number of carbonyl (C=O) groups is 2. The van der Waals surface area contributed by atoms with Gasteiger partial charge in [-0.2, -0.15) is 0 Å². The molecule has 0 saturated carbocycles. The average Bonchev–Trinajstić information content (AvgIpc) is 3.60. The molecule has 216 valence electrons. The first-order chi connectivity index (χ1) is 18.2. The molecule has 0 aliphatic carbocycles. The van der Waals surface area contributed by atoms with Gasteiger partial charge in [0, 0.05) is 50.0 Å². The van der Waals surface area contributed by atoms with E-state index in [1.165, 1.54) is 10.4 Å². The van der Waals surface area contributed by atoms with Gasteiger partial charge in [-0.3, -0.25) is 14.2 Å². The molecule has 0 spiro atoms. The van der Waals surface area contributed by atoms with Crippen molar-refractivity contribution in [3.63, 3.8) is 0 Å². The van der Waals surface area contributed by atoms with Crippen molar-refractivity contribution in [2.24, 2.45) is 0 Å². The van der Waals surface area contributed by atoms with Gasteiger partial charge in [-0.15, -0.1) is 0 Å². The molecule has 4 aromatic heterocycles. The predicted octanol–water partition coefficient (Wildman–Crippen LogP) is 10.3. The number of hydrogen-bond donors (Lipinski definition) is 0. The number of aromatic nitrogens is 2. The van der Waals surface area contributed by atoms with E-state index in [2.05, 4.69) is 50.3 Å². The SMILES string of the molecule is CC.CC.CC.CC.CN(C)C=O.O=Cc1ccn2ccccc12.O=P(Cl)(Cl)Cl.c1ccn2cccc2c1. The number of carbonyl (C=O) groups excluding carboxylic acids is 2. The van der Waals surface area contributed by atoms with Gasteiger partial charge >= 0.3 is 5.20 Å². The summed E-state index contributed by atoms with van der Waals surface area (Å²) in [6.45, 7) is 16.0. The fraction of sp³-hybridized carbons (Fsp3) is 0.357. The molecule has 0 aliphatic rings. The Hall–Kier alpha value is -2.24. The van der Waals surface area contributed by atoms with Crippen molar-refractivity contribution in [1.82, 2.24) is 13.7 Å². The first-order valence-corrected chi connectivity index (χ1v) is 16.9. The van der Waals surface area contributed by atoms with Crippen LogP contribution in [0.5, 0.6) is 0 Å². The van der Waals surface area contributed by atoms with E-state index in [1.54, 1.807) is 14.1 Å². The van der Waals surface area contributed by atoms with Crippen LogP contribution in [-0.2, 0) is 9.36 Å². The van der Waals surface area contributed by atoms with E-state index in [-0.39, 0.29) is 0 Å². The van der Waals surface area contributed by atoms with Crippen LogP contribution in [0, 0.1) is 0 Å². The largest absolute Gasteiger partial charge is 0.351 e. The lowest BCUT2D eigenvalue weighted by atomic mass is 10.3. The van der Waals surface area contributed by atoms with Gasteiger partial charge in [0.25, 0.3) is 0 Å². The Labute approximate surface area is 244 Å². The normalized spacial score (nSPS) is 8.45. The molecule has 0 radical (unpaired) electrons. The second-order valence-electron chi connectivity index (χ2n) is 5.89. The van der Waals surface area contributed by atoms with Crippen LogP contribution >= 0.6 is 38.9 Å². The highest BCUT2D eigenvalue weighted by Crippen LogP contribution is 2.61. The van der Waals surface area contributed by atoms with E-state index in [9.17, 15) is 14.2 Å². The summed E-state index contributed by atoms with van der Waals surface area (Å²) in [5.41, 5.74) is 2.95. The molecule has 0 atom stereocenters. The zero-order valence-corrected chi connectivity index (χ0v) is 27.5. The maximum absolute atomic E-state index is 10.5. The van der Waals surface area contributed by atoms with Crippen molar-refractivity contribution in [3.8, 4) is 0 Å². The summed E-state index contributed by atoms with van der Waals surface area (Å²) in [4.78, 5) is 21.3. The molecular weight excluding hydrogens is 564 g/mol. The molecule has 0 unspecified atom stereocenters. The van der Waals surface area contributed by atoms with Crippen molar-refractivity contribution in [2.45, 2.75) is 55.4 Å². The summed E-state index contributed by atoms with van der Waals surface area (Å²) in [5.74, 6) is 0. The molecular formula is C28H45Cl3N3O3P. The fourth-order valence-corrected chi connectivity index (χ4v) is 2.16. The molecule has 4 heterocycles. The van der Waals surface area contributed by atoms with Gasteiger partial charge < -0.3 is 13.7 Å². The highest BCUT2D eigenvalue weighted by Gasteiger charge is 2.03. The Morgan fingerprint density at radius 2 is 1.05 bits per heavy atom. The van der Waals surface area contributed by atoms with Gasteiger partial charge in [0.1, 0.15) is 0 Å². The average molecular weight is 609 g/mol. The molecule has 0 aromatic carbocycles. The van der Waals surface area contributed by atoms with Crippen molar-refractivity contribution in [3.05, 3.63) is 84.9 Å². The van der Waals surface area contributed by atoms with E-state index >= 15 is 0 Å². The molecule has 4 rings (SSSR count). The van der Waals surface area contributed by atoms with Gasteiger partial charge in [0.2, 0.25) is 6.41 Å². The first kappa shape index (κ1) is 42.8. The minimum atomic E-state index is -3.22. The minimum absolute atomic E-state index is 0.741. The summed E-state index contributed by atoms with van der Waals surface area (Å²) >= 11 is 13.8. The third-order valence-corrected chi connectivity index (χ3v) is 3.37. The van der Waals surface area contributed by atoms with E-state index < -0.39 is 5.20 Å². The van der Waals surface area contributed by atoms with E-state index in [0.29, 0.717) is 0 Å². The minimum Gasteiger partial charge on any atom is -0.351 e. The standard InChI is InChI=1S/C9H7NO.C8H7N.C3H7NO.4C2H6.Cl3OP/c11-7-8-4-6-10-5-2-1-3-9(8)10;1-2-6-9-7-3-5-8(9)4-1;1-4(2)3-5;4*1-2;1-5(2,3)4/h1-7H;1-7H;3H,1-2H3;4*1-2H3;. The molecule has 0 fully saturated rings. The fourth-order valence-electron chi connectivity index (χ4n) is 2.16. The summed E-state index contributed by atoms with van der Waals surface area (Å²) in [6, 6.07) is 17.8. The number of nitrogens with zero attached hydrogens (tertiary/aromatic N) is 3. The van der Waals surface area contributed by atoms with Gasteiger partial charge in [-0.1, -0.05) is 67.5 Å². The topological polar surface area (TPSA) is 63.3 Å². The lowest BCUT2D eigenvalue weighted by molar-refractivity contribution is -0.115. The van der Waals surface area contributed by atoms with Crippen LogP contribution in [-0.4, -0.2) is 40.5 Å². The highest BCUT2D eigenvalue weighted by atomic mass is 36.0. The zero-order valence-electron chi connectivity index (χ0n) is 24.3. The van der Waals surface area contributed by atoms with Gasteiger partial charge in [-0.25, -0.2) is 0 Å². The summed E-state index contributed by atoms with van der Waals surface area (Å²) in [6.07, 6.45) is 9.49. The van der Waals surface area contributed by atoms with E-state index in [4.69, 9.17) is 0 Å².